The van der Waals surface area contributed by atoms with Gasteiger partial charge in [0.05, 0.1) is 0 Å². The Balaban J connectivity index is 1.81. The molecule has 4 nitrogen and oxygen atoms in total. The number of anilines is 1. The number of alkyl halides is 3. The van der Waals surface area contributed by atoms with Crippen molar-refractivity contribution in [2.75, 3.05) is 5.32 Å². The number of hydrogen-bond acceptors (Lipinski definition) is 2. The highest BCUT2D eigenvalue weighted by molar-refractivity contribution is 5.90. The zero-order chi connectivity index (χ0) is 19.2. The van der Waals surface area contributed by atoms with Crippen LogP contribution >= 0.6 is 0 Å². The Labute approximate surface area is 149 Å². The van der Waals surface area contributed by atoms with Gasteiger partial charge in [-0.05, 0) is 36.6 Å². The molecule has 138 valence electrons. The van der Waals surface area contributed by atoms with Crippen LogP contribution in [-0.2, 0) is 22.6 Å². The Kier molecular flexibility index (Phi) is 6.38. The van der Waals surface area contributed by atoms with Crippen LogP contribution in [-0.4, -0.2) is 18.0 Å². The topological polar surface area (TPSA) is 58.2 Å². The molecule has 0 spiro atoms. The van der Waals surface area contributed by atoms with E-state index < -0.39 is 12.1 Å². The molecular weight excluding hydrogens is 345 g/mol. The average Bonchev–Trinajstić information content (AvgIpc) is 2.58. The van der Waals surface area contributed by atoms with Gasteiger partial charge in [0.1, 0.15) is 0 Å². The van der Waals surface area contributed by atoms with Crippen molar-refractivity contribution >= 4 is 17.5 Å². The fourth-order valence-electron chi connectivity index (χ4n) is 2.34. The van der Waals surface area contributed by atoms with Crippen molar-refractivity contribution in [2.45, 2.75) is 32.5 Å². The van der Waals surface area contributed by atoms with Crippen molar-refractivity contribution in [1.29, 1.82) is 0 Å². The van der Waals surface area contributed by atoms with E-state index in [4.69, 9.17) is 0 Å². The molecule has 0 aliphatic carbocycles. The average molecular weight is 364 g/mol. The molecule has 0 atom stereocenters. The quantitative estimate of drug-likeness (QED) is 0.820. The smallest absolute Gasteiger partial charge is 0.344 e. The zero-order valence-corrected chi connectivity index (χ0v) is 14.2. The summed E-state index contributed by atoms with van der Waals surface area (Å²) in [4.78, 5) is 22.8. The molecule has 2 aromatic rings. The summed E-state index contributed by atoms with van der Waals surface area (Å²) in [5.74, 6) is -2.13. The van der Waals surface area contributed by atoms with Crippen LogP contribution in [0.1, 0.15) is 23.1 Å². The minimum absolute atomic E-state index is 0.148. The van der Waals surface area contributed by atoms with Crippen LogP contribution in [0.15, 0.2) is 48.5 Å². The lowest BCUT2D eigenvalue weighted by atomic mass is 10.1. The van der Waals surface area contributed by atoms with Gasteiger partial charge >= 0.3 is 12.1 Å². The standard InChI is InChI=1S/C19H19F3N2O2/c1-13-3-2-4-14(11-13)7-10-17(25)24-16-8-5-15(6-9-16)12-23-18(26)19(20,21)22/h2-6,8-9,11H,7,10,12H2,1H3,(H,23,26)(H,24,25). The molecule has 0 aliphatic heterocycles. The number of hydrogen-bond donors (Lipinski definition) is 2. The summed E-state index contributed by atoms with van der Waals surface area (Å²) in [5.41, 5.74) is 3.26. The summed E-state index contributed by atoms with van der Waals surface area (Å²) < 4.78 is 36.4. The predicted molar refractivity (Wildman–Crippen MR) is 92.5 cm³/mol. The van der Waals surface area contributed by atoms with Crippen LogP contribution in [0.2, 0.25) is 0 Å². The van der Waals surface area contributed by atoms with Gasteiger partial charge in [-0.1, -0.05) is 42.0 Å². The fourth-order valence-corrected chi connectivity index (χ4v) is 2.34. The minimum atomic E-state index is -4.90. The van der Waals surface area contributed by atoms with Gasteiger partial charge in [0, 0.05) is 18.7 Å². The van der Waals surface area contributed by atoms with Gasteiger partial charge in [0.25, 0.3) is 0 Å². The lowest BCUT2D eigenvalue weighted by Crippen LogP contribution is -2.36. The van der Waals surface area contributed by atoms with Crippen LogP contribution in [0.3, 0.4) is 0 Å². The van der Waals surface area contributed by atoms with Crippen LogP contribution in [0.25, 0.3) is 0 Å². The molecule has 2 N–H and O–H groups in total. The number of benzene rings is 2. The van der Waals surface area contributed by atoms with Crippen molar-refractivity contribution in [3.63, 3.8) is 0 Å². The third-order valence-corrected chi connectivity index (χ3v) is 3.67. The van der Waals surface area contributed by atoms with E-state index in [-0.39, 0.29) is 12.5 Å². The fraction of sp³-hybridized carbons (Fsp3) is 0.263. The molecule has 2 aromatic carbocycles. The van der Waals surface area contributed by atoms with Crippen LogP contribution in [0.5, 0.6) is 0 Å². The number of halogens is 3. The first-order valence-corrected chi connectivity index (χ1v) is 8.03. The normalized spacial score (nSPS) is 11.1. The third kappa shape index (κ3) is 6.23. The van der Waals surface area contributed by atoms with Gasteiger partial charge < -0.3 is 10.6 Å². The molecule has 0 heterocycles. The molecule has 0 aliphatic rings. The van der Waals surface area contributed by atoms with E-state index in [1.54, 1.807) is 29.6 Å². The van der Waals surface area contributed by atoms with E-state index in [1.807, 2.05) is 31.2 Å². The first-order valence-electron chi connectivity index (χ1n) is 8.03. The van der Waals surface area contributed by atoms with Gasteiger partial charge in [-0.2, -0.15) is 13.2 Å². The van der Waals surface area contributed by atoms with Gasteiger partial charge in [0.15, 0.2) is 0 Å². The first-order chi connectivity index (χ1) is 12.2. The van der Waals surface area contributed by atoms with Gasteiger partial charge in [-0.3, -0.25) is 9.59 Å². The predicted octanol–water partition coefficient (Wildman–Crippen LogP) is 3.74. The highest BCUT2D eigenvalue weighted by Crippen LogP contribution is 2.15. The second-order valence-corrected chi connectivity index (χ2v) is 5.91. The van der Waals surface area contributed by atoms with E-state index in [2.05, 4.69) is 5.32 Å². The number of nitrogens with one attached hydrogen (secondary N) is 2. The Morgan fingerprint density at radius 1 is 1.00 bits per heavy atom. The summed E-state index contributed by atoms with van der Waals surface area (Å²) in [6.45, 7) is 1.75. The van der Waals surface area contributed by atoms with E-state index in [0.717, 1.165) is 11.1 Å². The van der Waals surface area contributed by atoms with Crippen molar-refractivity contribution < 1.29 is 22.8 Å². The molecule has 2 amide bonds. The van der Waals surface area contributed by atoms with E-state index in [0.29, 0.717) is 24.1 Å². The molecule has 26 heavy (non-hydrogen) atoms. The molecule has 0 aromatic heterocycles. The van der Waals surface area contributed by atoms with Gasteiger partial charge in [-0.15, -0.1) is 0 Å². The second-order valence-electron chi connectivity index (χ2n) is 5.91. The van der Waals surface area contributed by atoms with Crippen LogP contribution in [0.4, 0.5) is 18.9 Å². The van der Waals surface area contributed by atoms with E-state index in [1.165, 1.54) is 0 Å². The monoisotopic (exact) mass is 364 g/mol. The summed E-state index contributed by atoms with van der Waals surface area (Å²) >= 11 is 0. The van der Waals surface area contributed by atoms with Crippen LogP contribution in [0, 0.1) is 6.92 Å². The largest absolute Gasteiger partial charge is 0.471 e. The summed E-state index contributed by atoms with van der Waals surface area (Å²) in [6, 6.07) is 14.2. The Bertz CT molecular complexity index is 771. The molecule has 0 unspecified atom stereocenters. The molecule has 0 fully saturated rings. The zero-order valence-electron chi connectivity index (χ0n) is 14.2. The Hall–Kier alpha value is -2.83. The maximum atomic E-state index is 12.1. The molecule has 0 saturated carbocycles. The molecule has 7 heteroatoms. The van der Waals surface area contributed by atoms with Crippen LogP contribution < -0.4 is 10.6 Å². The number of rotatable bonds is 6. The number of carbonyl (C=O) groups excluding carboxylic acids is 2. The van der Waals surface area contributed by atoms with Crippen molar-refractivity contribution in [3.05, 3.63) is 65.2 Å². The summed E-state index contributed by atoms with van der Waals surface area (Å²) in [6.07, 6.45) is -3.95. The second kappa shape index (κ2) is 8.51. The van der Waals surface area contributed by atoms with Gasteiger partial charge in [-0.25, -0.2) is 0 Å². The first kappa shape index (κ1) is 19.5. The maximum absolute atomic E-state index is 12.1. The maximum Gasteiger partial charge on any atom is 0.471 e. The van der Waals surface area contributed by atoms with Crippen molar-refractivity contribution in [2.24, 2.45) is 0 Å². The van der Waals surface area contributed by atoms with E-state index in [9.17, 15) is 22.8 Å². The minimum Gasteiger partial charge on any atom is -0.344 e. The SMILES string of the molecule is Cc1cccc(CCC(=O)Nc2ccc(CNC(=O)C(F)(F)F)cc2)c1. The van der Waals surface area contributed by atoms with E-state index >= 15 is 0 Å². The highest BCUT2D eigenvalue weighted by atomic mass is 19.4. The molecule has 0 radical (unpaired) electrons. The number of amides is 2. The molecule has 0 bridgehead atoms. The summed E-state index contributed by atoms with van der Waals surface area (Å²) in [7, 11) is 0. The van der Waals surface area contributed by atoms with Crippen molar-refractivity contribution in [1.82, 2.24) is 5.32 Å². The lowest BCUT2D eigenvalue weighted by Gasteiger charge is -2.09. The third-order valence-electron chi connectivity index (χ3n) is 3.67. The lowest BCUT2D eigenvalue weighted by molar-refractivity contribution is -0.173. The number of aryl methyl sites for hydroxylation is 2. The number of carbonyl (C=O) groups is 2. The van der Waals surface area contributed by atoms with Gasteiger partial charge in [0.2, 0.25) is 5.91 Å². The molecule has 0 saturated heterocycles. The summed E-state index contributed by atoms with van der Waals surface area (Å²) in [5, 5.41) is 4.53. The molecule has 2 rings (SSSR count). The molecular formula is C19H19F3N2O2. The Morgan fingerprint density at radius 3 is 2.31 bits per heavy atom. The Morgan fingerprint density at radius 2 is 1.69 bits per heavy atom. The van der Waals surface area contributed by atoms with Crippen molar-refractivity contribution in [3.8, 4) is 0 Å². The highest BCUT2D eigenvalue weighted by Gasteiger charge is 2.38.